The van der Waals surface area contributed by atoms with Crippen molar-refractivity contribution < 1.29 is 9.47 Å². The average molecular weight is 367 g/mol. The maximum atomic E-state index is 5.91. The van der Waals surface area contributed by atoms with Crippen molar-refractivity contribution in [1.82, 2.24) is 0 Å². The number of benzene rings is 3. The summed E-state index contributed by atoms with van der Waals surface area (Å²) < 4.78 is 11.2. The van der Waals surface area contributed by atoms with Gasteiger partial charge in [0.1, 0.15) is 17.2 Å². The van der Waals surface area contributed by atoms with Crippen LogP contribution < -0.4 is 9.47 Å². The second-order valence-electron chi connectivity index (χ2n) is 6.76. The molecule has 0 saturated carbocycles. The molecular weight excluding hydrogens is 344 g/mol. The van der Waals surface area contributed by atoms with Crippen LogP contribution in [-0.2, 0) is 0 Å². The highest BCUT2D eigenvalue weighted by Gasteiger charge is 2.16. The number of ether oxygens (including phenoxy) is 2. The standard InChI is InChI=1S/C26H23O2/c1-19-25(20-11-15-22(27-2)16-12-20)9-6-10-26(19)21-13-17-24(18-14-21)28-23-7-4-3-5-8-23/h3-5,7-18H,6H2,1-2H3. The van der Waals surface area contributed by atoms with E-state index in [4.69, 9.17) is 9.47 Å². The number of methoxy groups -OCH3 is 1. The fraction of sp³-hybridized carbons (Fsp3) is 0.115. The van der Waals surface area contributed by atoms with Crippen LogP contribution in [0.2, 0.25) is 0 Å². The van der Waals surface area contributed by atoms with Crippen LogP contribution in [0.5, 0.6) is 17.2 Å². The summed E-state index contributed by atoms with van der Waals surface area (Å²) in [4.78, 5) is 0. The van der Waals surface area contributed by atoms with E-state index in [1.54, 1.807) is 7.11 Å². The minimum atomic E-state index is 0.843. The molecule has 0 aliphatic heterocycles. The molecular formula is C26H23O2. The summed E-state index contributed by atoms with van der Waals surface area (Å²) in [5.74, 6) is 2.57. The van der Waals surface area contributed by atoms with Crippen LogP contribution in [0.4, 0.5) is 0 Å². The first kappa shape index (κ1) is 18.1. The van der Waals surface area contributed by atoms with Gasteiger partial charge in [0.2, 0.25) is 0 Å². The smallest absolute Gasteiger partial charge is 0.127 e. The lowest BCUT2D eigenvalue weighted by Gasteiger charge is -2.20. The molecule has 4 rings (SSSR count). The highest BCUT2D eigenvalue weighted by Crippen LogP contribution is 2.37. The SMILES string of the molecule is COc1ccc(C2=C(C)C(c3ccc(Oc4ccccc4)cc3)=CC[CH]2)cc1. The van der Waals surface area contributed by atoms with Gasteiger partial charge in [0.25, 0.3) is 0 Å². The van der Waals surface area contributed by atoms with Gasteiger partial charge >= 0.3 is 0 Å². The molecule has 139 valence electrons. The van der Waals surface area contributed by atoms with Crippen LogP contribution >= 0.6 is 0 Å². The molecule has 0 aromatic heterocycles. The Morgan fingerprint density at radius 3 is 1.96 bits per heavy atom. The van der Waals surface area contributed by atoms with Crippen molar-refractivity contribution in [2.45, 2.75) is 13.3 Å². The number of para-hydroxylation sites is 1. The number of hydrogen-bond donors (Lipinski definition) is 0. The molecule has 28 heavy (non-hydrogen) atoms. The zero-order chi connectivity index (χ0) is 19.3. The van der Waals surface area contributed by atoms with E-state index >= 15 is 0 Å². The molecule has 1 aliphatic carbocycles. The lowest BCUT2D eigenvalue weighted by Crippen LogP contribution is -1.99. The molecule has 0 amide bonds. The minimum absolute atomic E-state index is 0.843. The summed E-state index contributed by atoms with van der Waals surface area (Å²) in [6.07, 6.45) is 5.50. The Bertz CT molecular complexity index is 995. The zero-order valence-electron chi connectivity index (χ0n) is 16.2. The molecule has 0 unspecified atom stereocenters. The largest absolute Gasteiger partial charge is 0.497 e. The molecule has 1 aliphatic rings. The van der Waals surface area contributed by atoms with Gasteiger partial charge in [0.05, 0.1) is 7.11 Å². The van der Waals surface area contributed by atoms with Crippen LogP contribution in [-0.4, -0.2) is 7.11 Å². The van der Waals surface area contributed by atoms with Gasteiger partial charge in [-0.15, -0.1) is 0 Å². The number of hydrogen-bond acceptors (Lipinski definition) is 2. The van der Waals surface area contributed by atoms with E-state index in [0.717, 1.165) is 23.7 Å². The van der Waals surface area contributed by atoms with E-state index in [-0.39, 0.29) is 0 Å². The van der Waals surface area contributed by atoms with E-state index in [9.17, 15) is 0 Å². The Balaban J connectivity index is 1.57. The van der Waals surface area contributed by atoms with Crippen molar-refractivity contribution in [3.05, 3.63) is 108 Å². The average Bonchev–Trinajstić information content (AvgIpc) is 2.75. The number of rotatable bonds is 5. The summed E-state index contributed by atoms with van der Waals surface area (Å²) in [7, 11) is 1.69. The fourth-order valence-corrected chi connectivity index (χ4v) is 3.51. The van der Waals surface area contributed by atoms with Crippen molar-refractivity contribution in [1.29, 1.82) is 0 Å². The van der Waals surface area contributed by atoms with Crippen molar-refractivity contribution in [3.8, 4) is 17.2 Å². The van der Waals surface area contributed by atoms with E-state index in [1.807, 2.05) is 54.6 Å². The van der Waals surface area contributed by atoms with Crippen LogP contribution in [0.15, 0.2) is 90.5 Å². The maximum absolute atomic E-state index is 5.91. The third-order valence-corrected chi connectivity index (χ3v) is 5.00. The monoisotopic (exact) mass is 367 g/mol. The van der Waals surface area contributed by atoms with Crippen molar-refractivity contribution in [3.63, 3.8) is 0 Å². The van der Waals surface area contributed by atoms with Gasteiger partial charge in [-0.3, -0.25) is 0 Å². The second kappa shape index (κ2) is 8.18. The third kappa shape index (κ3) is 3.86. The summed E-state index contributed by atoms with van der Waals surface area (Å²) in [6, 6.07) is 26.4. The number of allylic oxidation sites excluding steroid dienone is 4. The Morgan fingerprint density at radius 1 is 0.679 bits per heavy atom. The van der Waals surface area contributed by atoms with Gasteiger partial charge in [0, 0.05) is 0 Å². The van der Waals surface area contributed by atoms with Gasteiger partial charge < -0.3 is 9.47 Å². The molecule has 2 nitrogen and oxygen atoms in total. The van der Waals surface area contributed by atoms with Crippen LogP contribution in [0.1, 0.15) is 24.5 Å². The normalized spacial score (nSPS) is 13.9. The molecule has 0 saturated heterocycles. The molecule has 0 spiro atoms. The van der Waals surface area contributed by atoms with Crippen molar-refractivity contribution in [2.75, 3.05) is 7.11 Å². The molecule has 0 fully saturated rings. The summed E-state index contributed by atoms with van der Waals surface area (Å²) in [5, 5.41) is 0. The Hall–Kier alpha value is -3.26. The van der Waals surface area contributed by atoms with Crippen LogP contribution in [0.3, 0.4) is 0 Å². The Labute approximate surface area is 166 Å². The topological polar surface area (TPSA) is 18.5 Å². The molecule has 0 heterocycles. The molecule has 0 atom stereocenters. The molecule has 3 aromatic rings. The summed E-state index contributed by atoms with van der Waals surface area (Å²) in [5.41, 5.74) is 6.27. The van der Waals surface area contributed by atoms with Crippen LogP contribution in [0, 0.1) is 6.42 Å². The zero-order valence-corrected chi connectivity index (χ0v) is 16.2. The third-order valence-electron chi connectivity index (χ3n) is 5.00. The van der Waals surface area contributed by atoms with E-state index in [1.165, 1.54) is 27.8 Å². The molecule has 1 radical (unpaired) electrons. The molecule has 0 N–H and O–H groups in total. The Kier molecular flexibility index (Phi) is 5.29. The highest BCUT2D eigenvalue weighted by molar-refractivity contribution is 5.93. The van der Waals surface area contributed by atoms with Crippen molar-refractivity contribution >= 4 is 11.1 Å². The van der Waals surface area contributed by atoms with Crippen LogP contribution in [0.25, 0.3) is 11.1 Å². The van der Waals surface area contributed by atoms with Gasteiger partial charge in [-0.25, -0.2) is 0 Å². The van der Waals surface area contributed by atoms with Gasteiger partial charge in [-0.2, -0.15) is 0 Å². The second-order valence-corrected chi connectivity index (χ2v) is 6.76. The lowest BCUT2D eigenvalue weighted by molar-refractivity contribution is 0.415. The quantitative estimate of drug-likeness (QED) is 0.485. The Morgan fingerprint density at radius 2 is 1.29 bits per heavy atom. The molecule has 0 bridgehead atoms. The summed E-state index contributed by atoms with van der Waals surface area (Å²) in [6.45, 7) is 2.19. The summed E-state index contributed by atoms with van der Waals surface area (Å²) >= 11 is 0. The first-order chi connectivity index (χ1) is 13.7. The van der Waals surface area contributed by atoms with Crippen molar-refractivity contribution in [2.24, 2.45) is 0 Å². The lowest BCUT2D eigenvalue weighted by atomic mass is 9.85. The van der Waals surface area contributed by atoms with E-state index < -0.39 is 0 Å². The fourth-order valence-electron chi connectivity index (χ4n) is 3.51. The van der Waals surface area contributed by atoms with E-state index in [0.29, 0.717) is 0 Å². The highest BCUT2D eigenvalue weighted by atomic mass is 16.5. The van der Waals surface area contributed by atoms with Gasteiger partial charge in [-0.1, -0.05) is 48.5 Å². The van der Waals surface area contributed by atoms with E-state index in [2.05, 4.69) is 43.7 Å². The van der Waals surface area contributed by atoms with Gasteiger partial charge in [-0.05, 0) is 84.0 Å². The first-order valence-electron chi connectivity index (χ1n) is 9.47. The predicted molar refractivity (Wildman–Crippen MR) is 115 cm³/mol. The van der Waals surface area contributed by atoms with Gasteiger partial charge in [0.15, 0.2) is 0 Å². The molecule has 2 heteroatoms. The first-order valence-corrected chi connectivity index (χ1v) is 9.47. The minimum Gasteiger partial charge on any atom is -0.497 e. The maximum Gasteiger partial charge on any atom is 0.127 e. The predicted octanol–water partition coefficient (Wildman–Crippen LogP) is 6.95. The molecule has 3 aromatic carbocycles.